The van der Waals surface area contributed by atoms with E-state index < -0.39 is 0 Å². The normalized spacial score (nSPS) is 38.9. The van der Waals surface area contributed by atoms with Crippen molar-refractivity contribution in [1.29, 1.82) is 0 Å². The van der Waals surface area contributed by atoms with Crippen LogP contribution in [0.1, 0.15) is 56.2 Å². The summed E-state index contributed by atoms with van der Waals surface area (Å²) in [6.07, 6.45) is 12.5. The highest BCUT2D eigenvalue weighted by Crippen LogP contribution is 2.67. The van der Waals surface area contributed by atoms with E-state index in [0.717, 1.165) is 23.4 Å². The van der Waals surface area contributed by atoms with Crippen LogP contribution in [0, 0.1) is 24.7 Å². The predicted octanol–water partition coefficient (Wildman–Crippen LogP) is 4.25. The first-order chi connectivity index (χ1) is 8.79. The maximum Gasteiger partial charge on any atom is 0.0372 e. The fourth-order valence-electron chi connectivity index (χ4n) is 4.71. The average molecular weight is 241 g/mol. The smallest absolute Gasteiger partial charge is 0.0372 e. The molecule has 3 atom stereocenters. The van der Waals surface area contributed by atoms with E-state index in [2.05, 4.69) is 30.2 Å². The van der Waals surface area contributed by atoms with Gasteiger partial charge in [-0.2, -0.15) is 0 Å². The molecule has 96 valence electrons. The minimum atomic E-state index is 0.555. The fourth-order valence-corrected chi connectivity index (χ4v) is 4.71. The van der Waals surface area contributed by atoms with Gasteiger partial charge in [-0.1, -0.05) is 31.7 Å². The Balaban J connectivity index is 1.59. The number of hydrogen-bond donors (Lipinski definition) is 0. The van der Waals surface area contributed by atoms with Crippen LogP contribution in [-0.2, 0) is 5.41 Å². The number of pyridine rings is 1. The standard InChI is InChI=1S/C17H23N/c1-12-7-8-14(11-18-12)17-9-3-6-15(16(17)10-17)13-4-2-5-13/h7-8,11,13,15-16H,2-6,9-10H2,1H3. The summed E-state index contributed by atoms with van der Waals surface area (Å²) >= 11 is 0. The number of nitrogens with zero attached hydrogens (tertiary/aromatic N) is 1. The molecule has 3 aliphatic rings. The third kappa shape index (κ3) is 1.49. The number of fused-ring (bicyclic) bond motifs is 1. The van der Waals surface area contributed by atoms with E-state index in [-0.39, 0.29) is 0 Å². The van der Waals surface area contributed by atoms with Crippen molar-refractivity contribution < 1.29 is 0 Å². The summed E-state index contributed by atoms with van der Waals surface area (Å²) in [6.45, 7) is 2.09. The summed E-state index contributed by atoms with van der Waals surface area (Å²) in [6, 6.07) is 4.55. The van der Waals surface area contributed by atoms with Gasteiger partial charge in [0, 0.05) is 17.3 Å². The molecule has 0 saturated heterocycles. The second kappa shape index (κ2) is 3.82. The topological polar surface area (TPSA) is 12.9 Å². The van der Waals surface area contributed by atoms with Crippen LogP contribution in [0.2, 0.25) is 0 Å². The molecule has 1 aromatic rings. The van der Waals surface area contributed by atoms with E-state index in [1.165, 1.54) is 44.9 Å². The Morgan fingerprint density at radius 1 is 1.17 bits per heavy atom. The molecule has 3 unspecified atom stereocenters. The Morgan fingerprint density at radius 3 is 2.72 bits per heavy atom. The Morgan fingerprint density at radius 2 is 2.06 bits per heavy atom. The second-order valence-electron chi connectivity index (χ2n) is 6.90. The molecule has 0 radical (unpaired) electrons. The monoisotopic (exact) mass is 241 g/mol. The molecule has 3 aliphatic carbocycles. The van der Waals surface area contributed by atoms with Crippen LogP contribution >= 0.6 is 0 Å². The Bertz CT molecular complexity index is 445. The third-order valence-corrected chi connectivity index (χ3v) is 6.05. The van der Waals surface area contributed by atoms with Crippen molar-refractivity contribution in [3.63, 3.8) is 0 Å². The van der Waals surface area contributed by atoms with Crippen molar-refractivity contribution in [3.05, 3.63) is 29.6 Å². The highest BCUT2D eigenvalue weighted by atomic mass is 14.7. The van der Waals surface area contributed by atoms with Gasteiger partial charge in [-0.25, -0.2) is 0 Å². The minimum Gasteiger partial charge on any atom is -0.261 e. The lowest BCUT2D eigenvalue weighted by atomic mass is 9.67. The molecular weight excluding hydrogens is 218 g/mol. The van der Waals surface area contributed by atoms with Crippen molar-refractivity contribution in [2.24, 2.45) is 17.8 Å². The summed E-state index contributed by atoms with van der Waals surface area (Å²) < 4.78 is 0. The van der Waals surface area contributed by atoms with Gasteiger partial charge in [-0.15, -0.1) is 0 Å². The van der Waals surface area contributed by atoms with Crippen molar-refractivity contribution >= 4 is 0 Å². The van der Waals surface area contributed by atoms with Crippen LogP contribution in [0.15, 0.2) is 18.3 Å². The first-order valence-electron chi connectivity index (χ1n) is 7.73. The summed E-state index contributed by atoms with van der Waals surface area (Å²) in [7, 11) is 0. The van der Waals surface area contributed by atoms with E-state index in [1.54, 1.807) is 5.56 Å². The van der Waals surface area contributed by atoms with Gasteiger partial charge >= 0.3 is 0 Å². The van der Waals surface area contributed by atoms with Crippen LogP contribution in [0.3, 0.4) is 0 Å². The van der Waals surface area contributed by atoms with Gasteiger partial charge in [-0.3, -0.25) is 4.98 Å². The fraction of sp³-hybridized carbons (Fsp3) is 0.706. The van der Waals surface area contributed by atoms with E-state index in [1.807, 2.05) is 0 Å². The quantitative estimate of drug-likeness (QED) is 0.754. The van der Waals surface area contributed by atoms with Crippen LogP contribution in [-0.4, -0.2) is 4.98 Å². The summed E-state index contributed by atoms with van der Waals surface area (Å²) in [5.41, 5.74) is 3.25. The molecule has 1 aromatic heterocycles. The van der Waals surface area contributed by atoms with Gasteiger partial charge in [-0.05, 0) is 55.6 Å². The van der Waals surface area contributed by atoms with Gasteiger partial charge in [0.15, 0.2) is 0 Å². The molecule has 1 heteroatoms. The zero-order valence-corrected chi connectivity index (χ0v) is 11.4. The molecule has 0 aliphatic heterocycles. The van der Waals surface area contributed by atoms with Gasteiger partial charge in [0.1, 0.15) is 0 Å². The average Bonchev–Trinajstić information content (AvgIpc) is 3.04. The highest BCUT2D eigenvalue weighted by Gasteiger charge is 2.61. The van der Waals surface area contributed by atoms with Gasteiger partial charge in [0.2, 0.25) is 0 Å². The molecule has 0 spiro atoms. The molecule has 0 N–H and O–H groups in total. The molecular formula is C17H23N. The number of aryl methyl sites for hydroxylation is 1. The second-order valence-corrected chi connectivity index (χ2v) is 6.90. The first kappa shape index (κ1) is 11.0. The lowest BCUT2D eigenvalue weighted by Crippen LogP contribution is -2.30. The third-order valence-electron chi connectivity index (χ3n) is 6.05. The SMILES string of the molecule is Cc1ccc(C23CCCC(C4CCC4)C2C3)cn1. The molecule has 18 heavy (non-hydrogen) atoms. The Kier molecular flexibility index (Phi) is 2.34. The van der Waals surface area contributed by atoms with Gasteiger partial charge < -0.3 is 0 Å². The number of aromatic nitrogens is 1. The largest absolute Gasteiger partial charge is 0.261 e. The van der Waals surface area contributed by atoms with E-state index >= 15 is 0 Å². The maximum absolute atomic E-state index is 4.53. The van der Waals surface area contributed by atoms with E-state index in [0.29, 0.717) is 5.41 Å². The molecule has 1 nitrogen and oxygen atoms in total. The Labute approximate surface area is 110 Å². The summed E-state index contributed by atoms with van der Waals surface area (Å²) in [4.78, 5) is 4.53. The first-order valence-corrected chi connectivity index (χ1v) is 7.73. The van der Waals surface area contributed by atoms with Gasteiger partial charge in [0.05, 0.1) is 0 Å². The molecule has 1 heterocycles. The van der Waals surface area contributed by atoms with Crippen molar-refractivity contribution in [1.82, 2.24) is 4.98 Å². The molecule has 3 saturated carbocycles. The summed E-state index contributed by atoms with van der Waals surface area (Å²) in [5, 5.41) is 0. The van der Waals surface area contributed by atoms with Crippen LogP contribution in [0.5, 0.6) is 0 Å². The lowest BCUT2D eigenvalue weighted by molar-refractivity contribution is 0.141. The molecule has 0 aromatic carbocycles. The van der Waals surface area contributed by atoms with Crippen LogP contribution in [0.4, 0.5) is 0 Å². The van der Waals surface area contributed by atoms with Crippen molar-refractivity contribution in [2.75, 3.05) is 0 Å². The zero-order valence-electron chi connectivity index (χ0n) is 11.4. The molecule has 0 bridgehead atoms. The zero-order chi connectivity index (χ0) is 12.2. The lowest BCUT2D eigenvalue weighted by Gasteiger charge is -2.38. The van der Waals surface area contributed by atoms with Gasteiger partial charge in [0.25, 0.3) is 0 Å². The molecule has 0 amide bonds. The summed E-state index contributed by atoms with van der Waals surface area (Å²) in [5.74, 6) is 3.13. The highest BCUT2D eigenvalue weighted by molar-refractivity contribution is 5.34. The van der Waals surface area contributed by atoms with Crippen LogP contribution < -0.4 is 0 Å². The maximum atomic E-state index is 4.53. The number of rotatable bonds is 2. The van der Waals surface area contributed by atoms with E-state index in [9.17, 15) is 0 Å². The predicted molar refractivity (Wildman–Crippen MR) is 73.4 cm³/mol. The number of hydrogen-bond acceptors (Lipinski definition) is 1. The van der Waals surface area contributed by atoms with Crippen molar-refractivity contribution in [3.8, 4) is 0 Å². The molecule has 4 rings (SSSR count). The van der Waals surface area contributed by atoms with E-state index in [4.69, 9.17) is 0 Å². The minimum absolute atomic E-state index is 0.555. The van der Waals surface area contributed by atoms with Crippen LogP contribution in [0.25, 0.3) is 0 Å². The molecule has 3 fully saturated rings. The van der Waals surface area contributed by atoms with Crippen molar-refractivity contribution in [2.45, 2.75) is 57.3 Å². The Hall–Kier alpha value is -0.850.